The number of carbonyl (C=O) groups excluding carboxylic acids is 1. The van der Waals surface area contributed by atoms with E-state index in [4.69, 9.17) is 9.88 Å². The first-order valence-electron chi connectivity index (χ1n) is 13.3. The number of benzene rings is 1. The monoisotopic (exact) mass is 585 g/mol. The zero-order chi connectivity index (χ0) is 29.5. The minimum Gasteiger partial charge on any atom is -0.489 e. The van der Waals surface area contributed by atoms with Crippen LogP contribution in [0.3, 0.4) is 0 Å². The van der Waals surface area contributed by atoms with Crippen LogP contribution in [0.15, 0.2) is 46.8 Å². The zero-order valence-electron chi connectivity index (χ0n) is 24.2. The molecule has 0 bridgehead atoms. The van der Waals surface area contributed by atoms with Crippen molar-refractivity contribution in [1.29, 1.82) is 0 Å². The van der Waals surface area contributed by atoms with Crippen molar-refractivity contribution in [2.45, 2.75) is 82.9 Å². The van der Waals surface area contributed by atoms with Gasteiger partial charge in [0.2, 0.25) is 10.0 Å². The summed E-state index contributed by atoms with van der Waals surface area (Å²) >= 11 is 1.36. The van der Waals surface area contributed by atoms with Crippen LogP contribution in [0, 0.1) is 5.92 Å². The van der Waals surface area contributed by atoms with Crippen molar-refractivity contribution >= 4 is 38.0 Å². The Morgan fingerprint density at radius 2 is 1.85 bits per heavy atom. The van der Waals surface area contributed by atoms with E-state index >= 15 is 0 Å². The number of nitrogens with one attached hydrogen (secondary N) is 1. The first-order valence-corrected chi connectivity index (χ1v) is 15.8. The second-order valence-electron chi connectivity index (χ2n) is 12.1. The van der Waals surface area contributed by atoms with Crippen molar-refractivity contribution < 1.29 is 17.9 Å². The average Bonchev–Trinajstić information content (AvgIpc) is 3.31. The smallest absolute Gasteiger partial charge is 0.238 e. The molecule has 216 valence electrons. The van der Waals surface area contributed by atoms with Gasteiger partial charge in [0.25, 0.3) is 0 Å². The SMILES string of the molecule is CC(C)Oc1ccc(S(N)(=O)=O)cc1Nc1nc(-c2ccc(C(=O)CC3CC(C)(C)N(C)C(C)(C)C3)nc2)cs1. The van der Waals surface area contributed by atoms with E-state index in [-0.39, 0.29) is 27.9 Å². The average molecular weight is 586 g/mol. The molecule has 9 nitrogen and oxygen atoms in total. The molecule has 3 N–H and O–H groups in total. The zero-order valence-corrected chi connectivity index (χ0v) is 25.8. The van der Waals surface area contributed by atoms with Gasteiger partial charge in [-0.2, -0.15) is 0 Å². The quantitative estimate of drug-likeness (QED) is 0.299. The number of nitrogens with zero attached hydrogens (tertiary/aromatic N) is 3. The molecule has 0 saturated carbocycles. The molecule has 0 spiro atoms. The molecule has 0 aliphatic carbocycles. The molecule has 2 aromatic heterocycles. The summed E-state index contributed by atoms with van der Waals surface area (Å²) in [6, 6.07) is 8.04. The molecular weight excluding hydrogens is 546 g/mol. The fourth-order valence-electron chi connectivity index (χ4n) is 5.52. The number of Topliss-reactive ketones (excluding diaryl/α,β-unsaturated/α-hetero) is 1. The van der Waals surface area contributed by atoms with E-state index < -0.39 is 10.0 Å². The molecule has 0 atom stereocenters. The lowest BCUT2D eigenvalue weighted by atomic mass is 9.72. The maximum absolute atomic E-state index is 13.1. The number of anilines is 2. The molecule has 3 heterocycles. The van der Waals surface area contributed by atoms with Gasteiger partial charge in [0.15, 0.2) is 10.9 Å². The minimum atomic E-state index is -3.89. The van der Waals surface area contributed by atoms with Crippen LogP contribution < -0.4 is 15.2 Å². The lowest BCUT2D eigenvalue weighted by Crippen LogP contribution is -2.58. The number of ether oxygens (including phenoxy) is 1. The van der Waals surface area contributed by atoms with Crippen LogP contribution in [0.5, 0.6) is 5.75 Å². The van der Waals surface area contributed by atoms with Gasteiger partial charge in [0.05, 0.1) is 22.4 Å². The summed E-state index contributed by atoms with van der Waals surface area (Å²) in [6.45, 7) is 12.7. The molecule has 1 saturated heterocycles. The summed E-state index contributed by atoms with van der Waals surface area (Å²) < 4.78 is 29.6. The van der Waals surface area contributed by atoms with Crippen LogP contribution in [0.1, 0.15) is 71.3 Å². The second-order valence-corrected chi connectivity index (χ2v) is 14.5. The molecule has 3 aromatic rings. The number of aromatic nitrogens is 2. The van der Waals surface area contributed by atoms with Gasteiger partial charge in [-0.25, -0.2) is 18.5 Å². The molecule has 1 fully saturated rings. The third-order valence-electron chi connectivity index (χ3n) is 7.60. The summed E-state index contributed by atoms with van der Waals surface area (Å²) in [7, 11) is -1.72. The number of nitrogens with two attached hydrogens (primary N) is 1. The summed E-state index contributed by atoms with van der Waals surface area (Å²) in [5.74, 6) is 0.848. The number of likely N-dealkylation sites (tertiary alicyclic amines) is 1. The molecule has 11 heteroatoms. The Labute approximate surface area is 241 Å². The highest BCUT2D eigenvalue weighted by atomic mass is 32.2. The number of thiazole rings is 1. The fourth-order valence-corrected chi connectivity index (χ4v) is 6.79. The van der Waals surface area contributed by atoms with Crippen molar-refractivity contribution in [3.63, 3.8) is 0 Å². The third kappa shape index (κ3) is 6.88. The summed E-state index contributed by atoms with van der Waals surface area (Å²) in [6.07, 6.45) is 3.97. The molecule has 1 aliphatic heterocycles. The van der Waals surface area contributed by atoms with Crippen LogP contribution in [0.25, 0.3) is 11.3 Å². The van der Waals surface area contributed by atoms with Crippen LogP contribution in [0.2, 0.25) is 0 Å². The highest BCUT2D eigenvalue weighted by molar-refractivity contribution is 7.89. The van der Waals surface area contributed by atoms with Crippen molar-refractivity contribution in [2.75, 3.05) is 12.4 Å². The number of sulfonamides is 1. The molecule has 0 unspecified atom stereocenters. The maximum Gasteiger partial charge on any atom is 0.238 e. The molecule has 1 aliphatic rings. The molecule has 0 amide bonds. The van der Waals surface area contributed by atoms with Crippen LogP contribution in [0.4, 0.5) is 10.8 Å². The Morgan fingerprint density at radius 1 is 1.18 bits per heavy atom. The van der Waals surface area contributed by atoms with Crippen LogP contribution >= 0.6 is 11.3 Å². The van der Waals surface area contributed by atoms with E-state index in [1.54, 1.807) is 18.3 Å². The van der Waals surface area contributed by atoms with Crippen molar-refractivity contribution in [2.24, 2.45) is 11.1 Å². The molecule has 4 rings (SSSR count). The van der Waals surface area contributed by atoms with E-state index in [2.05, 4.69) is 54.9 Å². The summed E-state index contributed by atoms with van der Waals surface area (Å²) in [4.78, 5) is 24.6. The number of pyridine rings is 1. The molecule has 1 aromatic carbocycles. The van der Waals surface area contributed by atoms with Crippen LogP contribution in [-0.4, -0.2) is 53.3 Å². The van der Waals surface area contributed by atoms with Gasteiger partial charge < -0.3 is 10.1 Å². The largest absolute Gasteiger partial charge is 0.489 e. The van der Waals surface area contributed by atoms with Gasteiger partial charge in [0, 0.05) is 34.6 Å². The maximum atomic E-state index is 13.1. The fraction of sp³-hybridized carbons (Fsp3) is 0.483. The predicted octanol–water partition coefficient (Wildman–Crippen LogP) is 5.86. The summed E-state index contributed by atoms with van der Waals surface area (Å²) in [5, 5.41) is 10.9. The topological polar surface area (TPSA) is 128 Å². The first-order chi connectivity index (χ1) is 18.5. The highest BCUT2D eigenvalue weighted by Gasteiger charge is 2.43. The van der Waals surface area contributed by atoms with Crippen molar-refractivity contribution in [1.82, 2.24) is 14.9 Å². The Morgan fingerprint density at radius 3 is 2.42 bits per heavy atom. The Balaban J connectivity index is 1.47. The van der Waals surface area contributed by atoms with E-state index in [1.165, 1.54) is 23.5 Å². The minimum absolute atomic E-state index is 0.0280. The van der Waals surface area contributed by atoms with E-state index in [0.29, 0.717) is 40.3 Å². The first kappa shape index (κ1) is 30.1. The standard InChI is InChI=1S/C29H39N5O4S2/c1-18(2)38-26-11-9-21(40(30,36)37)13-23(26)32-27-33-24(17-39-27)20-8-10-22(31-16-20)25(35)12-19-14-28(3,4)34(7)29(5,6)15-19/h8-11,13,16-19H,12,14-15H2,1-7H3,(H,32,33)(H2,30,36,37). The number of primary sulfonamides is 1. The molecule has 0 radical (unpaired) electrons. The number of carbonyl (C=O) groups is 1. The number of hydrogen-bond donors (Lipinski definition) is 2. The Hall–Kier alpha value is -2.86. The third-order valence-corrected chi connectivity index (χ3v) is 9.27. The van der Waals surface area contributed by atoms with Gasteiger partial charge in [-0.15, -0.1) is 11.3 Å². The number of rotatable bonds is 9. The Kier molecular flexibility index (Phi) is 8.43. The normalized spacial score (nSPS) is 17.6. The Bertz CT molecular complexity index is 1460. The number of piperidine rings is 1. The van der Waals surface area contributed by atoms with Gasteiger partial charge in [-0.05, 0) is 97.7 Å². The lowest BCUT2D eigenvalue weighted by Gasteiger charge is -2.53. The van der Waals surface area contributed by atoms with Gasteiger partial charge in [0.1, 0.15) is 11.4 Å². The highest BCUT2D eigenvalue weighted by Crippen LogP contribution is 2.41. The molecule has 40 heavy (non-hydrogen) atoms. The van der Waals surface area contributed by atoms with Crippen molar-refractivity contribution in [3.8, 4) is 17.0 Å². The van der Waals surface area contributed by atoms with E-state index in [1.807, 2.05) is 25.3 Å². The number of ketones is 1. The van der Waals surface area contributed by atoms with E-state index in [0.717, 1.165) is 18.4 Å². The van der Waals surface area contributed by atoms with Crippen LogP contribution in [-0.2, 0) is 10.0 Å². The lowest BCUT2D eigenvalue weighted by molar-refractivity contribution is -0.0300. The number of hydrogen-bond acceptors (Lipinski definition) is 9. The van der Waals surface area contributed by atoms with Gasteiger partial charge >= 0.3 is 0 Å². The van der Waals surface area contributed by atoms with Crippen molar-refractivity contribution in [3.05, 3.63) is 47.6 Å². The molecular formula is C29H39N5O4S2. The van der Waals surface area contributed by atoms with Gasteiger partial charge in [-0.1, -0.05) is 0 Å². The van der Waals surface area contributed by atoms with E-state index in [9.17, 15) is 13.2 Å². The predicted molar refractivity (Wildman–Crippen MR) is 160 cm³/mol. The summed E-state index contributed by atoms with van der Waals surface area (Å²) in [5.41, 5.74) is 2.43. The second kappa shape index (κ2) is 11.2. The van der Waals surface area contributed by atoms with Gasteiger partial charge in [-0.3, -0.25) is 14.7 Å².